The standard InChI is InChI=1S/C12H14N4O2S2/c1-16-10(7-8-14-16)20(17,18)15-11(12(13)19)9-5-3-2-4-6-9/h2-8,11,15H,1H3,(H2,13,19). The monoisotopic (exact) mass is 310 g/mol. The van der Waals surface area contributed by atoms with Crippen LogP contribution in [0.5, 0.6) is 0 Å². The maximum atomic E-state index is 12.3. The first-order valence-electron chi connectivity index (χ1n) is 5.76. The van der Waals surface area contributed by atoms with Crippen LogP contribution in [-0.2, 0) is 17.1 Å². The molecule has 0 aliphatic heterocycles. The van der Waals surface area contributed by atoms with E-state index >= 15 is 0 Å². The van der Waals surface area contributed by atoms with E-state index in [0.29, 0.717) is 5.56 Å². The molecule has 8 heteroatoms. The number of benzene rings is 1. The number of aryl methyl sites for hydroxylation is 1. The molecule has 0 radical (unpaired) electrons. The summed E-state index contributed by atoms with van der Waals surface area (Å²) in [5, 5.41) is 3.89. The van der Waals surface area contributed by atoms with E-state index in [2.05, 4.69) is 9.82 Å². The zero-order valence-electron chi connectivity index (χ0n) is 10.7. The largest absolute Gasteiger partial charge is 0.392 e. The maximum Gasteiger partial charge on any atom is 0.258 e. The van der Waals surface area contributed by atoms with Crippen LogP contribution < -0.4 is 10.5 Å². The highest BCUT2D eigenvalue weighted by Crippen LogP contribution is 2.17. The van der Waals surface area contributed by atoms with E-state index in [9.17, 15) is 8.42 Å². The van der Waals surface area contributed by atoms with Crippen LogP contribution >= 0.6 is 12.2 Å². The fraction of sp³-hybridized carbons (Fsp3) is 0.167. The molecule has 6 nitrogen and oxygen atoms in total. The van der Waals surface area contributed by atoms with Crippen molar-refractivity contribution < 1.29 is 8.42 Å². The molecule has 1 unspecified atom stereocenters. The Hall–Kier alpha value is -1.77. The molecule has 1 aromatic carbocycles. The molecule has 106 valence electrons. The van der Waals surface area contributed by atoms with Gasteiger partial charge in [-0.1, -0.05) is 42.5 Å². The third-order valence-corrected chi connectivity index (χ3v) is 4.47. The fourth-order valence-electron chi connectivity index (χ4n) is 1.78. The summed E-state index contributed by atoms with van der Waals surface area (Å²) in [6.07, 6.45) is 1.41. The third-order valence-electron chi connectivity index (χ3n) is 2.74. The highest BCUT2D eigenvalue weighted by molar-refractivity contribution is 7.89. The fourth-order valence-corrected chi connectivity index (χ4v) is 3.38. The lowest BCUT2D eigenvalue weighted by atomic mass is 10.1. The Labute approximate surface area is 122 Å². The summed E-state index contributed by atoms with van der Waals surface area (Å²) >= 11 is 4.96. The topological polar surface area (TPSA) is 90.0 Å². The molecule has 1 aromatic heterocycles. The molecular weight excluding hydrogens is 296 g/mol. The molecular formula is C12H14N4O2S2. The average Bonchev–Trinajstić information content (AvgIpc) is 2.84. The van der Waals surface area contributed by atoms with Crippen molar-refractivity contribution >= 4 is 27.2 Å². The van der Waals surface area contributed by atoms with Crippen LogP contribution in [0.2, 0.25) is 0 Å². The molecule has 0 aliphatic carbocycles. The summed E-state index contributed by atoms with van der Waals surface area (Å²) in [5.74, 6) is 0. The molecule has 2 rings (SSSR count). The van der Waals surface area contributed by atoms with Crippen molar-refractivity contribution in [1.29, 1.82) is 0 Å². The van der Waals surface area contributed by atoms with Crippen molar-refractivity contribution in [1.82, 2.24) is 14.5 Å². The van der Waals surface area contributed by atoms with Gasteiger partial charge in [-0.15, -0.1) is 0 Å². The molecule has 20 heavy (non-hydrogen) atoms. The van der Waals surface area contributed by atoms with Crippen LogP contribution in [0.25, 0.3) is 0 Å². The van der Waals surface area contributed by atoms with E-state index in [1.165, 1.54) is 16.9 Å². The summed E-state index contributed by atoms with van der Waals surface area (Å²) in [5.41, 5.74) is 6.34. The number of nitrogens with one attached hydrogen (secondary N) is 1. The molecule has 0 fully saturated rings. The number of hydrogen-bond acceptors (Lipinski definition) is 4. The smallest absolute Gasteiger partial charge is 0.258 e. The number of aromatic nitrogens is 2. The van der Waals surface area contributed by atoms with Gasteiger partial charge in [0.25, 0.3) is 10.0 Å². The van der Waals surface area contributed by atoms with Crippen molar-refractivity contribution in [3.05, 3.63) is 48.2 Å². The Morgan fingerprint density at radius 2 is 2.00 bits per heavy atom. The number of nitrogens with two attached hydrogens (primary N) is 1. The molecule has 0 spiro atoms. The zero-order chi connectivity index (χ0) is 14.8. The minimum Gasteiger partial charge on any atom is -0.392 e. The van der Waals surface area contributed by atoms with Gasteiger partial charge in [0.15, 0.2) is 5.03 Å². The van der Waals surface area contributed by atoms with Gasteiger partial charge in [-0.2, -0.15) is 9.82 Å². The molecule has 0 aliphatic rings. The molecule has 0 saturated heterocycles. The summed E-state index contributed by atoms with van der Waals surface area (Å²) in [6.45, 7) is 0. The summed E-state index contributed by atoms with van der Waals surface area (Å²) in [6, 6.07) is 9.58. The van der Waals surface area contributed by atoms with Crippen LogP contribution in [0, 0.1) is 0 Å². The van der Waals surface area contributed by atoms with Crippen LogP contribution in [0.3, 0.4) is 0 Å². The normalized spacial score (nSPS) is 13.1. The zero-order valence-corrected chi connectivity index (χ0v) is 12.4. The number of sulfonamides is 1. The summed E-state index contributed by atoms with van der Waals surface area (Å²) in [7, 11) is -2.21. The van der Waals surface area contributed by atoms with Crippen LogP contribution in [-0.4, -0.2) is 23.2 Å². The van der Waals surface area contributed by atoms with E-state index in [0.717, 1.165) is 0 Å². The summed E-state index contributed by atoms with van der Waals surface area (Å²) in [4.78, 5) is 0.0574. The first-order valence-corrected chi connectivity index (χ1v) is 7.65. The Morgan fingerprint density at radius 1 is 1.35 bits per heavy atom. The number of nitrogens with zero attached hydrogens (tertiary/aromatic N) is 2. The Morgan fingerprint density at radius 3 is 2.50 bits per heavy atom. The van der Waals surface area contributed by atoms with Gasteiger partial charge in [-0.3, -0.25) is 4.68 Å². The van der Waals surface area contributed by atoms with Gasteiger partial charge in [0.05, 0.1) is 17.2 Å². The second kappa shape index (κ2) is 5.70. The van der Waals surface area contributed by atoms with Crippen molar-refractivity contribution in [2.24, 2.45) is 12.8 Å². The first kappa shape index (κ1) is 14.6. The van der Waals surface area contributed by atoms with Gasteiger partial charge in [-0.05, 0) is 11.6 Å². The second-order valence-electron chi connectivity index (χ2n) is 4.16. The van der Waals surface area contributed by atoms with Crippen molar-refractivity contribution in [2.75, 3.05) is 0 Å². The number of rotatable bonds is 5. The minimum atomic E-state index is -3.76. The van der Waals surface area contributed by atoms with Gasteiger partial charge in [0.1, 0.15) is 0 Å². The quantitative estimate of drug-likeness (QED) is 0.795. The second-order valence-corrected chi connectivity index (χ2v) is 6.29. The minimum absolute atomic E-state index is 0.0506. The Kier molecular flexibility index (Phi) is 4.17. The van der Waals surface area contributed by atoms with Crippen LogP contribution in [0.15, 0.2) is 47.6 Å². The molecule has 3 N–H and O–H groups in total. The predicted octanol–water partition coefficient (Wildman–Crippen LogP) is 0.726. The molecule has 1 heterocycles. The van der Waals surface area contributed by atoms with E-state index in [1.807, 2.05) is 6.07 Å². The van der Waals surface area contributed by atoms with Crippen molar-refractivity contribution in [3.8, 4) is 0 Å². The van der Waals surface area contributed by atoms with E-state index in [-0.39, 0.29) is 10.0 Å². The third kappa shape index (κ3) is 3.03. The number of hydrogen-bond donors (Lipinski definition) is 2. The molecule has 1 atom stereocenters. The summed E-state index contributed by atoms with van der Waals surface area (Å²) < 4.78 is 28.4. The lowest BCUT2D eigenvalue weighted by molar-refractivity contribution is 0.559. The van der Waals surface area contributed by atoms with Crippen LogP contribution in [0.1, 0.15) is 11.6 Å². The molecule has 0 amide bonds. The van der Waals surface area contributed by atoms with Gasteiger partial charge >= 0.3 is 0 Å². The van der Waals surface area contributed by atoms with Crippen LogP contribution in [0.4, 0.5) is 0 Å². The lowest BCUT2D eigenvalue weighted by Crippen LogP contribution is -2.37. The molecule has 0 bridgehead atoms. The predicted molar refractivity (Wildman–Crippen MR) is 79.5 cm³/mol. The van der Waals surface area contributed by atoms with Crippen molar-refractivity contribution in [3.63, 3.8) is 0 Å². The SMILES string of the molecule is Cn1nccc1S(=O)(=O)NC(C(N)=S)c1ccccc1. The van der Waals surface area contributed by atoms with E-state index in [1.54, 1.807) is 31.3 Å². The Bertz CT molecular complexity index is 710. The van der Waals surface area contributed by atoms with E-state index < -0.39 is 16.1 Å². The Balaban J connectivity index is 2.35. The van der Waals surface area contributed by atoms with Crippen molar-refractivity contribution in [2.45, 2.75) is 11.1 Å². The average molecular weight is 310 g/mol. The maximum absolute atomic E-state index is 12.3. The lowest BCUT2D eigenvalue weighted by Gasteiger charge is -2.17. The van der Waals surface area contributed by atoms with Gasteiger partial charge in [0.2, 0.25) is 0 Å². The molecule has 0 saturated carbocycles. The highest BCUT2D eigenvalue weighted by Gasteiger charge is 2.25. The highest BCUT2D eigenvalue weighted by atomic mass is 32.2. The molecule has 2 aromatic rings. The van der Waals surface area contributed by atoms with E-state index in [4.69, 9.17) is 18.0 Å². The van der Waals surface area contributed by atoms with Gasteiger partial charge < -0.3 is 5.73 Å². The van der Waals surface area contributed by atoms with Gasteiger partial charge in [0, 0.05) is 7.05 Å². The number of thiocarbonyl (C=S) groups is 1. The van der Waals surface area contributed by atoms with Gasteiger partial charge in [-0.25, -0.2) is 8.42 Å². The first-order chi connectivity index (χ1) is 9.42.